The molecule has 0 spiro atoms. The van der Waals surface area contributed by atoms with Crippen molar-refractivity contribution in [1.82, 2.24) is 19.9 Å². The normalized spacial score (nSPS) is 15.1. The summed E-state index contributed by atoms with van der Waals surface area (Å²) in [5.74, 6) is 0.958. The molecule has 1 unspecified atom stereocenters. The van der Waals surface area contributed by atoms with Gasteiger partial charge in [0, 0.05) is 35.3 Å². The molecule has 1 aliphatic heterocycles. The molecule has 3 heterocycles. The molecule has 0 bridgehead atoms. The molecule has 1 fully saturated rings. The molecule has 0 aliphatic carbocycles. The molecule has 9 heteroatoms. The van der Waals surface area contributed by atoms with E-state index in [1.54, 1.807) is 18.3 Å². The Balaban J connectivity index is 1.33. The maximum absolute atomic E-state index is 13.2. The lowest BCUT2D eigenvalue weighted by molar-refractivity contribution is -0.111. The van der Waals surface area contributed by atoms with E-state index < -0.39 is 0 Å². The van der Waals surface area contributed by atoms with Gasteiger partial charge in [-0.05, 0) is 81.4 Å². The van der Waals surface area contributed by atoms with Crippen LogP contribution in [0.25, 0.3) is 22.0 Å². The molecule has 1 saturated heterocycles. The van der Waals surface area contributed by atoms with Crippen molar-refractivity contribution in [1.29, 1.82) is 0 Å². The summed E-state index contributed by atoms with van der Waals surface area (Å²) in [5, 5.41) is 7.78. The molecule has 222 valence electrons. The molecular weight excluding hydrogens is 572 g/mol. The molecule has 0 radical (unpaired) electrons. The molecule has 0 saturated carbocycles. The van der Waals surface area contributed by atoms with Gasteiger partial charge in [-0.25, -0.2) is 9.97 Å². The molecule has 8 nitrogen and oxygen atoms in total. The first kappa shape index (κ1) is 29.3. The van der Waals surface area contributed by atoms with Gasteiger partial charge in [0.1, 0.15) is 24.5 Å². The lowest BCUT2D eigenvalue weighted by Crippen LogP contribution is -2.23. The van der Waals surface area contributed by atoms with Crippen molar-refractivity contribution in [2.75, 3.05) is 24.2 Å². The molecule has 2 N–H and O–H groups in total. The number of pyridine rings is 1. The maximum Gasteiger partial charge on any atom is 0.248 e. The van der Waals surface area contributed by atoms with Gasteiger partial charge in [0.2, 0.25) is 5.91 Å². The van der Waals surface area contributed by atoms with Gasteiger partial charge >= 0.3 is 0 Å². The lowest BCUT2D eigenvalue weighted by Gasteiger charge is -2.18. The quantitative estimate of drug-likeness (QED) is 0.168. The van der Waals surface area contributed by atoms with Gasteiger partial charge in [-0.3, -0.25) is 14.7 Å². The molecule has 44 heavy (non-hydrogen) atoms. The summed E-state index contributed by atoms with van der Waals surface area (Å²) in [6, 6.07) is 23.4. The number of aryl methyl sites for hydroxylation is 1. The van der Waals surface area contributed by atoms with Crippen molar-refractivity contribution in [2.45, 2.75) is 32.4 Å². The van der Waals surface area contributed by atoms with Gasteiger partial charge in [-0.2, -0.15) is 0 Å². The van der Waals surface area contributed by atoms with Crippen LogP contribution in [0.15, 0.2) is 97.5 Å². The number of rotatable bonds is 9. The van der Waals surface area contributed by atoms with Gasteiger partial charge in [0.25, 0.3) is 0 Å². The second-order valence-electron chi connectivity index (χ2n) is 10.9. The van der Waals surface area contributed by atoms with E-state index in [1.165, 1.54) is 6.33 Å². The Morgan fingerprint density at radius 2 is 1.98 bits per heavy atom. The van der Waals surface area contributed by atoms with Crippen LogP contribution in [0.2, 0.25) is 5.02 Å². The third-order valence-electron chi connectivity index (χ3n) is 7.71. The number of halogens is 1. The van der Waals surface area contributed by atoms with E-state index in [2.05, 4.69) is 43.6 Å². The SMILES string of the molecule is Cc1cccc(-c2c(NC(=O)/C=C/C3CCCN3C)ccc3ncnc(Nc4ccc(OCc5ccccn5)c(Cl)c4)c23)c1. The molecule has 3 aromatic carbocycles. The summed E-state index contributed by atoms with van der Waals surface area (Å²) in [4.78, 5) is 28.9. The second kappa shape index (κ2) is 13.2. The van der Waals surface area contributed by atoms with Crippen molar-refractivity contribution in [3.63, 3.8) is 0 Å². The highest BCUT2D eigenvalue weighted by molar-refractivity contribution is 6.32. The summed E-state index contributed by atoms with van der Waals surface area (Å²) in [6.45, 7) is 3.40. The highest BCUT2D eigenvalue weighted by Gasteiger charge is 2.20. The summed E-state index contributed by atoms with van der Waals surface area (Å²) in [7, 11) is 2.09. The van der Waals surface area contributed by atoms with Crippen LogP contribution in [0, 0.1) is 6.92 Å². The Bertz CT molecular complexity index is 1830. The van der Waals surface area contributed by atoms with Crippen LogP contribution < -0.4 is 15.4 Å². The molecule has 6 rings (SSSR count). The Morgan fingerprint density at radius 1 is 1.07 bits per heavy atom. The molecule has 1 aliphatic rings. The third kappa shape index (κ3) is 6.72. The van der Waals surface area contributed by atoms with E-state index in [9.17, 15) is 4.79 Å². The third-order valence-corrected chi connectivity index (χ3v) is 8.01. The Kier molecular flexibility index (Phi) is 8.81. The standard InChI is InChI=1S/C35H33ClN6O2/c1-23-7-5-8-24(19-23)33-30(41-32(43)16-12-27-10-6-18-42(27)2)14-13-29-34(33)35(39-22-38-29)40-25-11-15-31(28(36)20-25)44-21-26-9-3-4-17-37-26/h3-5,7-9,11-17,19-20,22,27H,6,10,18,21H2,1-2H3,(H,41,43)(H,38,39,40)/b16-12+. The first-order valence-corrected chi connectivity index (χ1v) is 15.0. The minimum atomic E-state index is -0.182. The summed E-state index contributed by atoms with van der Waals surface area (Å²) in [6.07, 6.45) is 9.06. The van der Waals surface area contributed by atoms with E-state index in [-0.39, 0.29) is 11.9 Å². The first-order chi connectivity index (χ1) is 21.4. The fourth-order valence-corrected chi connectivity index (χ4v) is 5.71. The van der Waals surface area contributed by atoms with E-state index in [4.69, 9.17) is 16.3 Å². The number of hydrogen-bond acceptors (Lipinski definition) is 7. The van der Waals surface area contributed by atoms with Gasteiger partial charge in [0.05, 0.1) is 21.6 Å². The fraction of sp³-hybridized carbons (Fsp3) is 0.200. The number of ether oxygens (including phenoxy) is 1. The van der Waals surface area contributed by atoms with Crippen molar-refractivity contribution < 1.29 is 9.53 Å². The number of nitrogens with one attached hydrogen (secondary N) is 2. The number of fused-ring (bicyclic) bond motifs is 1. The van der Waals surface area contributed by atoms with Crippen LogP contribution in [0.5, 0.6) is 5.75 Å². The number of carbonyl (C=O) groups is 1. The number of anilines is 3. The minimum Gasteiger partial charge on any atom is -0.486 e. The number of nitrogens with zero attached hydrogens (tertiary/aromatic N) is 4. The predicted octanol–water partition coefficient (Wildman–Crippen LogP) is 7.57. The van der Waals surface area contributed by atoms with E-state index in [0.29, 0.717) is 28.9 Å². The number of amides is 1. The maximum atomic E-state index is 13.2. The Morgan fingerprint density at radius 3 is 2.75 bits per heavy atom. The number of benzene rings is 3. The minimum absolute atomic E-state index is 0.182. The monoisotopic (exact) mass is 604 g/mol. The average molecular weight is 605 g/mol. The van der Waals surface area contributed by atoms with Crippen LogP contribution in [-0.2, 0) is 11.4 Å². The zero-order valence-electron chi connectivity index (χ0n) is 24.6. The predicted molar refractivity (Wildman–Crippen MR) is 176 cm³/mol. The van der Waals surface area contributed by atoms with Gasteiger partial charge < -0.3 is 15.4 Å². The topological polar surface area (TPSA) is 92.3 Å². The van der Waals surface area contributed by atoms with E-state index >= 15 is 0 Å². The summed E-state index contributed by atoms with van der Waals surface area (Å²) in [5.41, 5.74) is 5.82. The van der Waals surface area contributed by atoms with E-state index in [0.717, 1.165) is 58.4 Å². The number of likely N-dealkylation sites (tertiary alicyclic amines) is 1. The van der Waals surface area contributed by atoms with Crippen molar-refractivity contribution >= 4 is 45.6 Å². The zero-order valence-corrected chi connectivity index (χ0v) is 25.4. The second-order valence-corrected chi connectivity index (χ2v) is 11.3. The molecular formula is C35H33ClN6O2. The van der Waals surface area contributed by atoms with Crippen LogP contribution in [0.1, 0.15) is 24.1 Å². The van der Waals surface area contributed by atoms with Crippen LogP contribution >= 0.6 is 11.6 Å². The van der Waals surface area contributed by atoms with Gasteiger partial charge in [-0.1, -0.05) is 53.6 Å². The lowest BCUT2D eigenvalue weighted by atomic mass is 9.97. The summed E-state index contributed by atoms with van der Waals surface area (Å²) < 4.78 is 5.90. The Hall–Kier alpha value is -4.79. The average Bonchev–Trinajstić information content (AvgIpc) is 3.44. The number of likely N-dealkylation sites (N-methyl/N-ethyl adjacent to an activating group) is 1. The van der Waals surface area contributed by atoms with Crippen LogP contribution in [0.3, 0.4) is 0 Å². The van der Waals surface area contributed by atoms with Crippen molar-refractivity contribution in [3.8, 4) is 16.9 Å². The van der Waals surface area contributed by atoms with Crippen molar-refractivity contribution in [2.24, 2.45) is 0 Å². The number of carbonyl (C=O) groups excluding carboxylic acids is 1. The van der Waals surface area contributed by atoms with Crippen LogP contribution in [0.4, 0.5) is 17.2 Å². The molecule has 1 atom stereocenters. The largest absolute Gasteiger partial charge is 0.486 e. The zero-order chi connectivity index (χ0) is 30.5. The molecule has 1 amide bonds. The highest BCUT2D eigenvalue weighted by Crippen LogP contribution is 2.40. The van der Waals surface area contributed by atoms with Crippen molar-refractivity contribution in [3.05, 3.63) is 114 Å². The van der Waals surface area contributed by atoms with Crippen LogP contribution in [-0.4, -0.2) is 45.4 Å². The van der Waals surface area contributed by atoms with E-state index in [1.807, 2.05) is 73.7 Å². The van der Waals surface area contributed by atoms with Gasteiger partial charge in [0.15, 0.2) is 0 Å². The number of hydrogen-bond donors (Lipinski definition) is 2. The molecule has 2 aromatic heterocycles. The molecule has 5 aromatic rings. The number of aromatic nitrogens is 3. The summed E-state index contributed by atoms with van der Waals surface area (Å²) >= 11 is 6.62. The smallest absolute Gasteiger partial charge is 0.248 e. The Labute approximate surface area is 261 Å². The van der Waals surface area contributed by atoms with Gasteiger partial charge in [-0.15, -0.1) is 0 Å². The fourth-order valence-electron chi connectivity index (χ4n) is 5.47. The highest BCUT2D eigenvalue weighted by atomic mass is 35.5. The first-order valence-electron chi connectivity index (χ1n) is 14.6.